The molecular weight excluding hydrogens is 268 g/mol. The van der Waals surface area contributed by atoms with Crippen molar-refractivity contribution in [2.24, 2.45) is 5.84 Å². The topological polar surface area (TPSA) is 119 Å². The molecule has 0 atom stereocenters. The summed E-state index contributed by atoms with van der Waals surface area (Å²) in [7, 11) is -3.63. The number of benzene rings is 1. The number of sulfonamides is 1. The van der Waals surface area contributed by atoms with E-state index in [2.05, 4.69) is 0 Å². The summed E-state index contributed by atoms with van der Waals surface area (Å²) in [5.41, 5.74) is 7.76. The minimum Gasteiger partial charge on any atom is -0.398 e. The number of nitrogens with zero attached hydrogens (tertiary/aromatic N) is 1. The largest absolute Gasteiger partial charge is 0.398 e. The van der Waals surface area contributed by atoms with Crippen LogP contribution in [0.5, 0.6) is 0 Å². The number of nitrogens with two attached hydrogens (primary N) is 2. The first-order chi connectivity index (χ1) is 8.88. The highest BCUT2D eigenvalue weighted by Crippen LogP contribution is 2.21. The molecule has 0 bridgehead atoms. The van der Waals surface area contributed by atoms with Crippen molar-refractivity contribution in [1.29, 1.82) is 0 Å². The molecule has 0 aliphatic carbocycles. The number of rotatable bonds is 5. The van der Waals surface area contributed by atoms with E-state index in [1.54, 1.807) is 13.8 Å². The Morgan fingerprint density at radius 1 is 1.32 bits per heavy atom. The summed E-state index contributed by atoms with van der Waals surface area (Å²) >= 11 is 0. The predicted octanol–water partition coefficient (Wildman–Crippen LogP) is -0.0972. The zero-order valence-electron chi connectivity index (χ0n) is 10.9. The highest BCUT2D eigenvalue weighted by molar-refractivity contribution is 7.89. The SMILES string of the molecule is CCN(CC)S(=O)(=O)c1ccc(N)c(C(=O)NN)c1. The molecule has 106 valence electrons. The standard InChI is InChI=1S/C11H18N4O3S/c1-3-15(4-2)19(17,18)8-5-6-10(12)9(7-8)11(16)14-13/h5-7H,3-4,12-13H2,1-2H3,(H,14,16). The van der Waals surface area contributed by atoms with Crippen LogP contribution in [0.25, 0.3) is 0 Å². The quantitative estimate of drug-likeness (QED) is 0.302. The molecule has 0 aromatic heterocycles. The van der Waals surface area contributed by atoms with E-state index >= 15 is 0 Å². The maximum Gasteiger partial charge on any atom is 0.267 e. The van der Waals surface area contributed by atoms with Crippen LogP contribution in [0.3, 0.4) is 0 Å². The molecule has 19 heavy (non-hydrogen) atoms. The molecule has 1 aromatic carbocycles. The fraction of sp³-hybridized carbons (Fsp3) is 0.364. The molecule has 0 fully saturated rings. The number of carbonyl (C=O) groups is 1. The summed E-state index contributed by atoms with van der Waals surface area (Å²) in [5, 5.41) is 0. The van der Waals surface area contributed by atoms with Crippen molar-refractivity contribution >= 4 is 21.6 Å². The number of hydrogen-bond donors (Lipinski definition) is 3. The lowest BCUT2D eigenvalue weighted by Gasteiger charge is -2.19. The van der Waals surface area contributed by atoms with Crippen LogP contribution < -0.4 is 17.0 Å². The molecule has 0 spiro atoms. The first-order valence-corrected chi connectivity index (χ1v) is 7.23. The summed E-state index contributed by atoms with van der Waals surface area (Å²) in [6, 6.07) is 3.97. The van der Waals surface area contributed by atoms with E-state index in [4.69, 9.17) is 11.6 Å². The van der Waals surface area contributed by atoms with Crippen LogP contribution in [-0.4, -0.2) is 31.7 Å². The molecule has 0 heterocycles. The minimum absolute atomic E-state index is 0.0176. The van der Waals surface area contributed by atoms with E-state index in [0.717, 1.165) is 0 Å². The van der Waals surface area contributed by atoms with Gasteiger partial charge in [0.15, 0.2) is 0 Å². The van der Waals surface area contributed by atoms with Crippen LogP contribution >= 0.6 is 0 Å². The molecule has 5 N–H and O–H groups in total. The number of hydrogen-bond acceptors (Lipinski definition) is 5. The third-order valence-corrected chi connectivity index (χ3v) is 4.79. The van der Waals surface area contributed by atoms with Gasteiger partial charge in [0.1, 0.15) is 0 Å². The van der Waals surface area contributed by atoms with Gasteiger partial charge in [-0.1, -0.05) is 13.8 Å². The normalized spacial score (nSPS) is 11.6. The highest BCUT2D eigenvalue weighted by Gasteiger charge is 2.23. The zero-order valence-corrected chi connectivity index (χ0v) is 11.7. The number of carbonyl (C=O) groups excluding carboxylic acids is 1. The molecule has 0 saturated carbocycles. The van der Waals surface area contributed by atoms with E-state index in [9.17, 15) is 13.2 Å². The number of nitrogens with one attached hydrogen (secondary N) is 1. The van der Waals surface area contributed by atoms with Gasteiger partial charge in [-0.25, -0.2) is 14.3 Å². The average Bonchev–Trinajstić information content (AvgIpc) is 2.39. The van der Waals surface area contributed by atoms with Crippen LogP contribution in [0.4, 0.5) is 5.69 Å². The van der Waals surface area contributed by atoms with Gasteiger partial charge in [0.25, 0.3) is 5.91 Å². The third kappa shape index (κ3) is 3.03. The molecule has 1 rings (SSSR count). The Kier molecular flexibility index (Phi) is 4.87. The fourth-order valence-electron chi connectivity index (χ4n) is 1.68. The second kappa shape index (κ2) is 6.00. The van der Waals surface area contributed by atoms with Gasteiger partial charge in [-0.05, 0) is 18.2 Å². The Hall–Kier alpha value is -1.64. The van der Waals surface area contributed by atoms with E-state index < -0.39 is 15.9 Å². The van der Waals surface area contributed by atoms with Crippen molar-refractivity contribution in [1.82, 2.24) is 9.73 Å². The second-order valence-electron chi connectivity index (χ2n) is 3.81. The molecule has 0 aliphatic rings. The molecule has 8 heteroatoms. The Balaban J connectivity index is 3.33. The minimum atomic E-state index is -3.63. The number of amides is 1. The maximum atomic E-state index is 12.3. The molecule has 0 unspecified atom stereocenters. The number of hydrazine groups is 1. The van der Waals surface area contributed by atoms with Gasteiger partial charge < -0.3 is 5.73 Å². The fourth-order valence-corrected chi connectivity index (χ4v) is 3.17. The van der Waals surface area contributed by atoms with Crippen molar-refractivity contribution in [3.63, 3.8) is 0 Å². The Bertz CT molecular complexity index is 567. The lowest BCUT2D eigenvalue weighted by atomic mass is 10.2. The summed E-state index contributed by atoms with van der Waals surface area (Å²) in [6.45, 7) is 4.18. The van der Waals surface area contributed by atoms with Crippen LogP contribution in [0.15, 0.2) is 23.1 Å². The molecule has 0 saturated heterocycles. The van der Waals surface area contributed by atoms with Crippen LogP contribution in [-0.2, 0) is 10.0 Å². The Labute approximate surface area is 112 Å². The summed E-state index contributed by atoms with van der Waals surface area (Å²) < 4.78 is 25.9. The number of anilines is 1. The van der Waals surface area contributed by atoms with Gasteiger partial charge in [-0.2, -0.15) is 4.31 Å². The van der Waals surface area contributed by atoms with Crippen molar-refractivity contribution in [2.45, 2.75) is 18.7 Å². The van der Waals surface area contributed by atoms with Crippen LogP contribution in [0.1, 0.15) is 24.2 Å². The zero-order chi connectivity index (χ0) is 14.6. The van der Waals surface area contributed by atoms with Gasteiger partial charge in [0, 0.05) is 18.8 Å². The molecule has 7 nitrogen and oxygen atoms in total. The number of nitrogen functional groups attached to an aromatic ring is 2. The maximum absolute atomic E-state index is 12.3. The van der Waals surface area contributed by atoms with Gasteiger partial charge in [-0.3, -0.25) is 10.2 Å². The summed E-state index contributed by atoms with van der Waals surface area (Å²) in [6.07, 6.45) is 0. The molecule has 0 aliphatic heterocycles. The van der Waals surface area contributed by atoms with Gasteiger partial charge in [-0.15, -0.1) is 0 Å². The average molecular weight is 286 g/mol. The molecule has 1 amide bonds. The van der Waals surface area contributed by atoms with E-state index in [0.29, 0.717) is 13.1 Å². The van der Waals surface area contributed by atoms with E-state index in [1.807, 2.05) is 5.43 Å². The third-order valence-electron chi connectivity index (χ3n) is 2.74. The summed E-state index contributed by atoms with van der Waals surface area (Å²) in [5.74, 6) is 4.40. The van der Waals surface area contributed by atoms with Crippen LogP contribution in [0, 0.1) is 0 Å². The van der Waals surface area contributed by atoms with E-state index in [-0.39, 0.29) is 16.1 Å². The van der Waals surface area contributed by atoms with Gasteiger partial charge >= 0.3 is 0 Å². The molecule has 1 aromatic rings. The second-order valence-corrected chi connectivity index (χ2v) is 5.75. The van der Waals surface area contributed by atoms with E-state index in [1.165, 1.54) is 22.5 Å². The van der Waals surface area contributed by atoms with Crippen LogP contribution in [0.2, 0.25) is 0 Å². The monoisotopic (exact) mass is 286 g/mol. The van der Waals surface area contributed by atoms with Crippen molar-refractivity contribution in [3.05, 3.63) is 23.8 Å². The molecule has 0 radical (unpaired) electrons. The van der Waals surface area contributed by atoms with Crippen molar-refractivity contribution in [2.75, 3.05) is 18.8 Å². The smallest absolute Gasteiger partial charge is 0.267 e. The Morgan fingerprint density at radius 2 is 1.89 bits per heavy atom. The lowest BCUT2D eigenvalue weighted by molar-refractivity contribution is 0.0954. The van der Waals surface area contributed by atoms with Crippen molar-refractivity contribution in [3.8, 4) is 0 Å². The van der Waals surface area contributed by atoms with Crippen molar-refractivity contribution < 1.29 is 13.2 Å². The molecular formula is C11H18N4O3S. The first kappa shape index (κ1) is 15.4. The van der Waals surface area contributed by atoms with Gasteiger partial charge in [0.2, 0.25) is 10.0 Å². The summed E-state index contributed by atoms with van der Waals surface area (Å²) in [4.78, 5) is 11.5. The Morgan fingerprint density at radius 3 is 2.37 bits per heavy atom. The highest BCUT2D eigenvalue weighted by atomic mass is 32.2. The first-order valence-electron chi connectivity index (χ1n) is 5.79. The lowest BCUT2D eigenvalue weighted by Crippen LogP contribution is -2.32. The van der Waals surface area contributed by atoms with Gasteiger partial charge in [0.05, 0.1) is 10.5 Å². The predicted molar refractivity (Wildman–Crippen MR) is 72.6 cm³/mol.